The van der Waals surface area contributed by atoms with E-state index in [9.17, 15) is 9.59 Å². The molecule has 2 aliphatic rings. The highest BCUT2D eigenvalue weighted by Crippen LogP contribution is 2.28. The molecule has 5 heteroatoms. The number of carbonyl (C=O) groups excluding carboxylic acids is 2. The van der Waals surface area contributed by atoms with Gasteiger partial charge in [-0.1, -0.05) is 6.07 Å². The first-order valence-corrected chi connectivity index (χ1v) is 7.25. The average Bonchev–Trinajstić information content (AvgIpc) is 3.20. The molecule has 2 saturated heterocycles. The molecule has 1 N–H and O–H groups in total. The first-order valence-electron chi connectivity index (χ1n) is 7.25. The van der Waals surface area contributed by atoms with E-state index in [1.807, 2.05) is 6.07 Å². The maximum atomic E-state index is 12.4. The van der Waals surface area contributed by atoms with E-state index >= 15 is 0 Å². The Balaban J connectivity index is 1.54. The second-order valence-corrected chi connectivity index (χ2v) is 5.91. The van der Waals surface area contributed by atoms with Crippen LogP contribution in [0.3, 0.4) is 0 Å². The number of hydrogen-bond donors (Lipinski definition) is 1. The fourth-order valence-corrected chi connectivity index (χ4v) is 3.45. The van der Waals surface area contributed by atoms with Crippen molar-refractivity contribution in [1.29, 1.82) is 0 Å². The number of hydrogen-bond acceptors (Lipinski definition) is 4. The predicted molar refractivity (Wildman–Crippen MR) is 77.4 cm³/mol. The molecular formula is C16H16N2O3. The van der Waals surface area contributed by atoms with Crippen LogP contribution in [0, 0.1) is 5.92 Å². The summed E-state index contributed by atoms with van der Waals surface area (Å²) in [7, 11) is 0. The minimum atomic E-state index is -0.0697. The van der Waals surface area contributed by atoms with Crippen molar-refractivity contribution < 1.29 is 14.0 Å². The van der Waals surface area contributed by atoms with Crippen LogP contribution >= 0.6 is 0 Å². The number of aldehydes is 1. The van der Waals surface area contributed by atoms with Crippen molar-refractivity contribution in [1.82, 2.24) is 10.2 Å². The van der Waals surface area contributed by atoms with Gasteiger partial charge in [-0.2, -0.15) is 0 Å². The third-order valence-corrected chi connectivity index (χ3v) is 4.57. The molecule has 2 bridgehead atoms. The molecule has 2 fully saturated rings. The standard InChI is InChI=1S/C16H16N2O3/c19-9-13-5-10-1-2-11(6-15(10)21-13)16(20)17-14-8-18-4-3-12(14)7-18/h1-2,5-6,9,12,14H,3-4,7-8H2,(H,17,20). The van der Waals surface area contributed by atoms with E-state index in [-0.39, 0.29) is 17.7 Å². The highest BCUT2D eigenvalue weighted by atomic mass is 16.3. The van der Waals surface area contributed by atoms with E-state index in [1.165, 1.54) is 6.42 Å². The van der Waals surface area contributed by atoms with Gasteiger partial charge < -0.3 is 14.6 Å². The molecule has 0 spiro atoms. The summed E-state index contributed by atoms with van der Waals surface area (Å²) in [6.07, 6.45) is 1.84. The third-order valence-electron chi connectivity index (χ3n) is 4.57. The lowest BCUT2D eigenvalue weighted by Gasteiger charge is -2.23. The summed E-state index contributed by atoms with van der Waals surface area (Å²) in [5.41, 5.74) is 1.15. The molecule has 108 valence electrons. The third kappa shape index (κ3) is 2.14. The summed E-state index contributed by atoms with van der Waals surface area (Å²) in [5.74, 6) is 0.797. The van der Waals surface area contributed by atoms with Crippen LogP contribution in [0.2, 0.25) is 0 Å². The lowest BCUT2D eigenvalue weighted by Crippen LogP contribution is -2.43. The fraction of sp³-hybridized carbons (Fsp3) is 0.375. The molecule has 0 saturated carbocycles. The van der Waals surface area contributed by atoms with Gasteiger partial charge in [0.15, 0.2) is 12.0 Å². The zero-order chi connectivity index (χ0) is 14.4. The highest BCUT2D eigenvalue weighted by Gasteiger charge is 2.38. The van der Waals surface area contributed by atoms with Gasteiger partial charge in [0.25, 0.3) is 5.91 Å². The van der Waals surface area contributed by atoms with Crippen molar-refractivity contribution in [2.75, 3.05) is 19.6 Å². The van der Waals surface area contributed by atoms with E-state index in [0.717, 1.165) is 25.0 Å². The first kappa shape index (κ1) is 12.6. The first-order chi connectivity index (χ1) is 10.2. The summed E-state index contributed by atoms with van der Waals surface area (Å²) in [5, 5.41) is 3.95. The molecule has 1 aromatic carbocycles. The van der Waals surface area contributed by atoms with Crippen molar-refractivity contribution in [3.8, 4) is 0 Å². The van der Waals surface area contributed by atoms with Gasteiger partial charge in [0.1, 0.15) is 5.58 Å². The topological polar surface area (TPSA) is 62.6 Å². The monoisotopic (exact) mass is 284 g/mol. The van der Waals surface area contributed by atoms with Crippen LogP contribution in [-0.2, 0) is 0 Å². The van der Waals surface area contributed by atoms with Crippen LogP contribution in [0.4, 0.5) is 0 Å². The van der Waals surface area contributed by atoms with Crippen LogP contribution in [0.1, 0.15) is 27.3 Å². The van der Waals surface area contributed by atoms with Gasteiger partial charge >= 0.3 is 0 Å². The van der Waals surface area contributed by atoms with Crippen molar-refractivity contribution >= 4 is 23.2 Å². The fourth-order valence-electron chi connectivity index (χ4n) is 3.45. The molecule has 2 aliphatic heterocycles. The Hall–Kier alpha value is -2.14. The molecule has 1 aromatic heterocycles. The average molecular weight is 284 g/mol. The van der Waals surface area contributed by atoms with Gasteiger partial charge in [-0.25, -0.2) is 0 Å². The molecule has 0 radical (unpaired) electrons. The minimum absolute atomic E-state index is 0.0697. The van der Waals surface area contributed by atoms with Gasteiger partial charge in [0.2, 0.25) is 0 Å². The van der Waals surface area contributed by atoms with Crippen LogP contribution in [0.15, 0.2) is 28.7 Å². The lowest BCUT2D eigenvalue weighted by molar-refractivity contribution is 0.0924. The Morgan fingerprint density at radius 2 is 2.24 bits per heavy atom. The Bertz CT molecular complexity index is 721. The van der Waals surface area contributed by atoms with Gasteiger partial charge in [-0.15, -0.1) is 0 Å². The summed E-state index contributed by atoms with van der Waals surface area (Å²) < 4.78 is 5.37. The van der Waals surface area contributed by atoms with Crippen molar-refractivity contribution in [3.63, 3.8) is 0 Å². The zero-order valence-electron chi connectivity index (χ0n) is 11.5. The predicted octanol–water partition coefficient (Wildman–Crippen LogP) is 1.68. The number of nitrogens with one attached hydrogen (secondary N) is 1. The Morgan fingerprint density at radius 3 is 2.95 bits per heavy atom. The maximum Gasteiger partial charge on any atom is 0.251 e. The molecular weight excluding hydrogens is 268 g/mol. The maximum absolute atomic E-state index is 12.4. The van der Waals surface area contributed by atoms with Crippen LogP contribution in [0.5, 0.6) is 0 Å². The highest BCUT2D eigenvalue weighted by molar-refractivity contribution is 5.98. The number of nitrogens with zero attached hydrogens (tertiary/aromatic N) is 1. The molecule has 3 atom stereocenters. The number of rotatable bonds is 3. The molecule has 3 heterocycles. The van der Waals surface area contributed by atoms with E-state index in [0.29, 0.717) is 23.4 Å². The molecule has 3 unspecified atom stereocenters. The van der Waals surface area contributed by atoms with Crippen molar-refractivity contribution in [3.05, 3.63) is 35.6 Å². The van der Waals surface area contributed by atoms with E-state index in [4.69, 9.17) is 4.42 Å². The minimum Gasteiger partial charge on any atom is -0.453 e. The van der Waals surface area contributed by atoms with E-state index < -0.39 is 0 Å². The van der Waals surface area contributed by atoms with E-state index in [2.05, 4.69) is 10.2 Å². The molecule has 1 amide bonds. The quantitative estimate of drug-likeness (QED) is 0.871. The SMILES string of the molecule is O=Cc1cc2ccc(C(=O)NC3CN4CCC3C4)cc2o1. The van der Waals surface area contributed by atoms with Crippen molar-refractivity contribution in [2.24, 2.45) is 5.92 Å². The van der Waals surface area contributed by atoms with Crippen LogP contribution in [0.25, 0.3) is 11.0 Å². The second kappa shape index (κ2) is 4.70. The Morgan fingerprint density at radius 1 is 1.33 bits per heavy atom. The van der Waals surface area contributed by atoms with Crippen LogP contribution in [-0.4, -0.2) is 42.8 Å². The van der Waals surface area contributed by atoms with Crippen LogP contribution < -0.4 is 5.32 Å². The Labute approximate surface area is 121 Å². The number of benzene rings is 1. The van der Waals surface area contributed by atoms with E-state index in [1.54, 1.807) is 18.2 Å². The zero-order valence-corrected chi connectivity index (χ0v) is 11.5. The Kier molecular flexibility index (Phi) is 2.82. The second-order valence-electron chi connectivity index (χ2n) is 5.91. The number of furan rings is 1. The normalized spacial score (nSPS) is 27.1. The van der Waals surface area contributed by atoms with Crippen molar-refractivity contribution in [2.45, 2.75) is 12.5 Å². The molecule has 2 aromatic rings. The van der Waals surface area contributed by atoms with Gasteiger partial charge in [-0.3, -0.25) is 9.59 Å². The molecule has 5 nitrogen and oxygen atoms in total. The largest absolute Gasteiger partial charge is 0.453 e. The number of piperidine rings is 1. The molecule has 21 heavy (non-hydrogen) atoms. The number of amides is 1. The van der Waals surface area contributed by atoms with Gasteiger partial charge in [-0.05, 0) is 37.1 Å². The summed E-state index contributed by atoms with van der Waals surface area (Å²) in [6.45, 7) is 3.21. The number of fused-ring (bicyclic) bond motifs is 3. The summed E-state index contributed by atoms with van der Waals surface area (Å²) >= 11 is 0. The molecule has 0 aliphatic carbocycles. The summed E-state index contributed by atoms with van der Waals surface area (Å²) in [6, 6.07) is 7.21. The van der Waals surface area contributed by atoms with Gasteiger partial charge in [0, 0.05) is 30.1 Å². The number of carbonyl (C=O) groups is 2. The molecule has 4 rings (SSSR count). The smallest absolute Gasteiger partial charge is 0.251 e. The summed E-state index contributed by atoms with van der Waals surface area (Å²) in [4.78, 5) is 25.5. The van der Waals surface area contributed by atoms with Gasteiger partial charge in [0.05, 0.1) is 0 Å². The lowest BCUT2D eigenvalue weighted by atomic mass is 9.99.